The molecule has 2 aliphatic rings. The third-order valence-electron chi connectivity index (χ3n) is 4.76. The highest BCUT2D eigenvalue weighted by atomic mass is 16.4. The second kappa shape index (κ2) is 5.38. The van der Waals surface area contributed by atoms with E-state index in [1.807, 2.05) is 0 Å². The molecule has 17 heavy (non-hydrogen) atoms. The second-order valence-corrected chi connectivity index (χ2v) is 5.80. The third kappa shape index (κ3) is 2.65. The largest absolute Gasteiger partial charge is 0.480 e. The predicted octanol–water partition coefficient (Wildman–Crippen LogP) is 2.94. The van der Waals surface area contributed by atoms with Crippen LogP contribution in [0.15, 0.2) is 0 Å². The van der Waals surface area contributed by atoms with Crippen molar-refractivity contribution in [2.75, 3.05) is 0 Å². The van der Waals surface area contributed by atoms with Crippen molar-refractivity contribution in [3.8, 4) is 0 Å². The molecule has 0 saturated heterocycles. The van der Waals surface area contributed by atoms with Gasteiger partial charge in [-0.15, -0.1) is 0 Å². The van der Waals surface area contributed by atoms with E-state index in [0.717, 1.165) is 32.1 Å². The van der Waals surface area contributed by atoms with Gasteiger partial charge in [-0.2, -0.15) is 0 Å². The lowest BCUT2D eigenvalue weighted by Gasteiger charge is -2.38. The number of rotatable bonds is 4. The minimum atomic E-state index is -0.629. The summed E-state index contributed by atoms with van der Waals surface area (Å²) in [7, 11) is 0. The zero-order chi connectivity index (χ0) is 12.3. The number of carboxylic acids is 1. The summed E-state index contributed by atoms with van der Waals surface area (Å²) in [5, 5.41) is 13.0. The van der Waals surface area contributed by atoms with Gasteiger partial charge in [0.2, 0.25) is 0 Å². The fraction of sp³-hybridized carbons (Fsp3) is 0.929. The third-order valence-corrected chi connectivity index (χ3v) is 4.76. The Balaban J connectivity index is 2.04. The van der Waals surface area contributed by atoms with Crippen LogP contribution in [0.4, 0.5) is 0 Å². The van der Waals surface area contributed by atoms with Crippen LogP contribution in [0.3, 0.4) is 0 Å². The number of aliphatic carboxylic acids is 1. The van der Waals surface area contributed by atoms with Crippen molar-refractivity contribution >= 4 is 5.97 Å². The van der Waals surface area contributed by atoms with Crippen molar-refractivity contribution < 1.29 is 9.90 Å². The van der Waals surface area contributed by atoms with E-state index in [9.17, 15) is 9.90 Å². The van der Waals surface area contributed by atoms with E-state index >= 15 is 0 Å². The Morgan fingerprint density at radius 3 is 2.47 bits per heavy atom. The average molecular weight is 239 g/mol. The zero-order valence-corrected chi connectivity index (χ0v) is 10.9. The minimum Gasteiger partial charge on any atom is -0.480 e. The van der Waals surface area contributed by atoms with Crippen LogP contribution in [0.25, 0.3) is 0 Å². The van der Waals surface area contributed by atoms with Gasteiger partial charge in [0.05, 0.1) is 0 Å². The number of carbonyl (C=O) groups is 1. The fourth-order valence-corrected chi connectivity index (χ4v) is 3.64. The van der Waals surface area contributed by atoms with Crippen LogP contribution in [0.1, 0.15) is 64.7 Å². The molecule has 3 nitrogen and oxygen atoms in total. The van der Waals surface area contributed by atoms with Crippen molar-refractivity contribution in [2.45, 2.75) is 76.3 Å². The SMILES string of the molecule is CCC1CCCCC1NC1(C(=O)O)CCCC1. The number of hydrogen-bond acceptors (Lipinski definition) is 2. The summed E-state index contributed by atoms with van der Waals surface area (Å²) in [6.07, 6.45) is 9.92. The Morgan fingerprint density at radius 2 is 1.88 bits per heavy atom. The van der Waals surface area contributed by atoms with Gasteiger partial charge < -0.3 is 5.11 Å². The molecule has 0 spiro atoms. The Kier molecular flexibility index (Phi) is 4.08. The molecule has 0 bridgehead atoms. The van der Waals surface area contributed by atoms with Crippen molar-refractivity contribution in [2.24, 2.45) is 5.92 Å². The molecular weight excluding hydrogens is 214 g/mol. The predicted molar refractivity (Wildman–Crippen MR) is 68.0 cm³/mol. The van der Waals surface area contributed by atoms with Crippen LogP contribution in [0.2, 0.25) is 0 Å². The maximum atomic E-state index is 11.5. The molecule has 2 rings (SSSR count). The van der Waals surface area contributed by atoms with Gasteiger partial charge in [0, 0.05) is 6.04 Å². The second-order valence-electron chi connectivity index (χ2n) is 5.80. The van der Waals surface area contributed by atoms with Crippen molar-refractivity contribution in [3.63, 3.8) is 0 Å². The Morgan fingerprint density at radius 1 is 1.24 bits per heavy atom. The van der Waals surface area contributed by atoms with Gasteiger partial charge in [-0.1, -0.05) is 39.0 Å². The Hall–Kier alpha value is -0.570. The molecule has 2 N–H and O–H groups in total. The van der Waals surface area contributed by atoms with Gasteiger partial charge in [-0.25, -0.2) is 0 Å². The molecule has 0 aromatic rings. The molecule has 0 aromatic carbocycles. The van der Waals surface area contributed by atoms with Gasteiger partial charge in [-0.05, 0) is 31.6 Å². The van der Waals surface area contributed by atoms with Crippen LogP contribution < -0.4 is 5.32 Å². The first-order chi connectivity index (χ1) is 8.18. The molecule has 2 aliphatic carbocycles. The number of nitrogens with one attached hydrogen (secondary N) is 1. The molecule has 0 aromatic heterocycles. The maximum absolute atomic E-state index is 11.5. The lowest BCUT2D eigenvalue weighted by atomic mass is 9.81. The maximum Gasteiger partial charge on any atom is 0.323 e. The standard InChI is InChI=1S/C14H25NO2/c1-2-11-7-3-4-8-12(11)15-14(13(16)17)9-5-6-10-14/h11-12,15H,2-10H2,1H3,(H,16,17). The summed E-state index contributed by atoms with van der Waals surface area (Å²) in [5.74, 6) is 0.0519. The molecular formula is C14H25NO2. The van der Waals surface area contributed by atoms with E-state index in [2.05, 4.69) is 12.2 Å². The molecule has 0 aliphatic heterocycles. The fourth-order valence-electron chi connectivity index (χ4n) is 3.64. The lowest BCUT2D eigenvalue weighted by Crippen LogP contribution is -2.56. The summed E-state index contributed by atoms with van der Waals surface area (Å²) in [4.78, 5) is 11.5. The van der Waals surface area contributed by atoms with Crippen LogP contribution >= 0.6 is 0 Å². The first-order valence-corrected chi connectivity index (χ1v) is 7.19. The monoisotopic (exact) mass is 239 g/mol. The van der Waals surface area contributed by atoms with Crippen LogP contribution in [-0.2, 0) is 4.79 Å². The molecule has 2 unspecified atom stereocenters. The molecule has 0 amide bonds. The smallest absolute Gasteiger partial charge is 0.323 e. The minimum absolute atomic E-state index is 0.433. The van der Waals surface area contributed by atoms with Gasteiger partial charge in [0.15, 0.2) is 0 Å². The first-order valence-electron chi connectivity index (χ1n) is 7.19. The van der Waals surface area contributed by atoms with E-state index in [1.165, 1.54) is 25.7 Å². The van der Waals surface area contributed by atoms with E-state index in [1.54, 1.807) is 0 Å². The number of carboxylic acid groups (broad SMARTS) is 1. The van der Waals surface area contributed by atoms with Crippen molar-refractivity contribution in [1.82, 2.24) is 5.32 Å². The highest BCUT2D eigenvalue weighted by molar-refractivity contribution is 5.79. The van der Waals surface area contributed by atoms with E-state index in [-0.39, 0.29) is 0 Å². The molecule has 3 heteroatoms. The highest BCUT2D eigenvalue weighted by Crippen LogP contribution is 2.34. The zero-order valence-electron chi connectivity index (χ0n) is 10.9. The van der Waals surface area contributed by atoms with Gasteiger partial charge in [0.25, 0.3) is 0 Å². The van der Waals surface area contributed by atoms with Gasteiger partial charge in [-0.3, -0.25) is 10.1 Å². The van der Waals surface area contributed by atoms with E-state index in [0.29, 0.717) is 12.0 Å². The normalized spacial score (nSPS) is 32.5. The molecule has 2 saturated carbocycles. The topological polar surface area (TPSA) is 49.3 Å². The summed E-state index contributed by atoms with van der Waals surface area (Å²) >= 11 is 0. The summed E-state index contributed by atoms with van der Waals surface area (Å²) in [5.41, 5.74) is -0.602. The van der Waals surface area contributed by atoms with E-state index in [4.69, 9.17) is 0 Å². The van der Waals surface area contributed by atoms with Crippen LogP contribution in [0, 0.1) is 5.92 Å². The van der Waals surface area contributed by atoms with Crippen molar-refractivity contribution in [1.29, 1.82) is 0 Å². The van der Waals surface area contributed by atoms with Crippen LogP contribution in [-0.4, -0.2) is 22.7 Å². The number of hydrogen-bond donors (Lipinski definition) is 2. The summed E-state index contributed by atoms with van der Waals surface area (Å²) in [6, 6.07) is 0.433. The molecule has 98 valence electrons. The summed E-state index contributed by atoms with van der Waals surface area (Å²) in [6.45, 7) is 2.23. The highest BCUT2D eigenvalue weighted by Gasteiger charge is 2.43. The van der Waals surface area contributed by atoms with E-state index < -0.39 is 11.5 Å². The summed E-state index contributed by atoms with van der Waals surface area (Å²) < 4.78 is 0. The van der Waals surface area contributed by atoms with Gasteiger partial charge >= 0.3 is 5.97 Å². The average Bonchev–Trinajstić information content (AvgIpc) is 2.80. The van der Waals surface area contributed by atoms with Crippen LogP contribution in [0.5, 0.6) is 0 Å². The lowest BCUT2D eigenvalue weighted by molar-refractivity contribution is -0.145. The Labute approximate surface area is 104 Å². The van der Waals surface area contributed by atoms with Crippen molar-refractivity contribution in [3.05, 3.63) is 0 Å². The molecule has 0 radical (unpaired) electrons. The molecule has 2 atom stereocenters. The molecule has 2 fully saturated rings. The first kappa shape index (κ1) is 12.9. The quantitative estimate of drug-likeness (QED) is 0.793. The molecule has 0 heterocycles. The van der Waals surface area contributed by atoms with Gasteiger partial charge in [0.1, 0.15) is 5.54 Å². The Bertz CT molecular complexity index is 271.